The lowest BCUT2D eigenvalue weighted by Gasteiger charge is -2.09. The molecule has 0 amide bonds. The van der Waals surface area contributed by atoms with Crippen molar-refractivity contribution in [1.82, 2.24) is 4.98 Å². The lowest BCUT2D eigenvalue weighted by molar-refractivity contribution is 0.318. The van der Waals surface area contributed by atoms with Gasteiger partial charge in [-0.1, -0.05) is 22.8 Å². The smallest absolute Gasteiger partial charge is 0.141 e. The molecule has 0 atom stereocenters. The van der Waals surface area contributed by atoms with E-state index in [4.69, 9.17) is 17.3 Å². The molecule has 0 aliphatic carbocycles. The molecule has 1 aromatic heterocycles. The number of aromatic nitrogens is 1. The fourth-order valence-electron chi connectivity index (χ4n) is 2.72. The summed E-state index contributed by atoms with van der Waals surface area (Å²) in [5.74, 6) is 0.983. The van der Waals surface area contributed by atoms with Crippen LogP contribution in [0.25, 0.3) is 0 Å². The fourth-order valence-corrected chi connectivity index (χ4v) is 2.92. The Kier molecular flexibility index (Phi) is 5.25. The van der Waals surface area contributed by atoms with E-state index >= 15 is 0 Å². The molecule has 2 aromatic rings. The number of oxime groups is 1. The van der Waals surface area contributed by atoms with Gasteiger partial charge in [0.15, 0.2) is 0 Å². The number of hydrogen-bond donors (Lipinski definition) is 3. The summed E-state index contributed by atoms with van der Waals surface area (Å²) in [7, 11) is 0. The zero-order valence-corrected chi connectivity index (χ0v) is 14.1. The monoisotopic (exact) mass is 361 g/mol. The van der Waals surface area contributed by atoms with Crippen molar-refractivity contribution in [3.05, 3.63) is 58.0 Å². The normalized spacial score (nSPS) is 15.3. The van der Waals surface area contributed by atoms with E-state index in [1.165, 1.54) is 12.1 Å². The van der Waals surface area contributed by atoms with Crippen LogP contribution in [-0.2, 0) is 12.8 Å². The maximum Gasteiger partial charge on any atom is 0.141 e. The average molecular weight is 362 g/mol. The summed E-state index contributed by atoms with van der Waals surface area (Å²) in [6.07, 6.45) is 2.50. The lowest BCUT2D eigenvalue weighted by Crippen LogP contribution is -2.11. The molecule has 1 aliphatic rings. The van der Waals surface area contributed by atoms with Crippen molar-refractivity contribution < 1.29 is 9.60 Å². The number of rotatable bonds is 5. The molecule has 8 heteroatoms. The molecular weight excluding hydrogens is 345 g/mol. The van der Waals surface area contributed by atoms with Crippen molar-refractivity contribution >= 4 is 29.0 Å². The highest BCUT2D eigenvalue weighted by Gasteiger charge is 2.23. The summed E-state index contributed by atoms with van der Waals surface area (Å²) in [5, 5.41) is 16.1. The van der Waals surface area contributed by atoms with Gasteiger partial charge >= 0.3 is 0 Å². The predicted molar refractivity (Wildman–Crippen MR) is 96.4 cm³/mol. The largest absolute Gasteiger partial charge is 0.411 e. The SMILES string of the molecule is NCCN=C1Cc2c(/C(Cc3ccc(F)c(Cl)c3)=N/O)ccnc2N1. The minimum Gasteiger partial charge on any atom is -0.411 e. The first-order valence-corrected chi connectivity index (χ1v) is 8.13. The van der Waals surface area contributed by atoms with Crippen LogP contribution >= 0.6 is 11.6 Å². The number of aliphatic imine (C=N–C) groups is 1. The maximum absolute atomic E-state index is 13.3. The Morgan fingerprint density at radius 2 is 2.24 bits per heavy atom. The molecular formula is C17H17ClFN5O. The minimum absolute atomic E-state index is 0.0348. The van der Waals surface area contributed by atoms with Gasteiger partial charge in [0.2, 0.25) is 0 Å². The minimum atomic E-state index is -0.484. The number of nitrogens with zero attached hydrogens (tertiary/aromatic N) is 3. The van der Waals surface area contributed by atoms with E-state index < -0.39 is 5.82 Å². The Balaban J connectivity index is 1.89. The highest BCUT2D eigenvalue weighted by atomic mass is 35.5. The molecule has 0 bridgehead atoms. The molecule has 0 fully saturated rings. The quantitative estimate of drug-likeness (QED) is 0.433. The van der Waals surface area contributed by atoms with Gasteiger partial charge in [0, 0.05) is 36.7 Å². The number of nitrogens with one attached hydrogen (secondary N) is 1. The molecule has 1 aliphatic heterocycles. The second kappa shape index (κ2) is 7.58. The van der Waals surface area contributed by atoms with Gasteiger partial charge in [-0.15, -0.1) is 0 Å². The second-order valence-corrected chi connectivity index (χ2v) is 5.98. The maximum atomic E-state index is 13.3. The predicted octanol–water partition coefficient (Wildman–Crippen LogP) is 2.62. The molecule has 0 saturated carbocycles. The average Bonchev–Trinajstić information content (AvgIpc) is 3.04. The van der Waals surface area contributed by atoms with Crippen LogP contribution in [0.1, 0.15) is 16.7 Å². The zero-order chi connectivity index (χ0) is 17.8. The number of nitrogens with two attached hydrogens (primary N) is 1. The van der Waals surface area contributed by atoms with Crippen LogP contribution in [0.5, 0.6) is 0 Å². The highest BCUT2D eigenvalue weighted by Crippen LogP contribution is 2.26. The number of pyridine rings is 1. The van der Waals surface area contributed by atoms with Crippen molar-refractivity contribution in [2.75, 3.05) is 18.4 Å². The van der Waals surface area contributed by atoms with E-state index in [0.29, 0.717) is 37.5 Å². The van der Waals surface area contributed by atoms with Crippen molar-refractivity contribution in [1.29, 1.82) is 0 Å². The Morgan fingerprint density at radius 3 is 2.96 bits per heavy atom. The summed E-state index contributed by atoms with van der Waals surface area (Å²) in [5.41, 5.74) is 8.34. The van der Waals surface area contributed by atoms with Crippen LogP contribution in [0.2, 0.25) is 5.02 Å². The molecule has 2 heterocycles. The van der Waals surface area contributed by atoms with Gasteiger partial charge in [-0.3, -0.25) is 4.99 Å². The number of anilines is 1. The summed E-state index contributed by atoms with van der Waals surface area (Å²) in [6.45, 7) is 0.997. The molecule has 1 aromatic carbocycles. The molecule has 25 heavy (non-hydrogen) atoms. The number of fused-ring (bicyclic) bond motifs is 1. The van der Waals surface area contributed by atoms with E-state index in [0.717, 1.165) is 22.5 Å². The van der Waals surface area contributed by atoms with Crippen molar-refractivity contribution in [2.45, 2.75) is 12.8 Å². The third-order valence-electron chi connectivity index (χ3n) is 3.88. The zero-order valence-electron chi connectivity index (χ0n) is 13.3. The third kappa shape index (κ3) is 3.78. The van der Waals surface area contributed by atoms with Gasteiger partial charge in [0.25, 0.3) is 0 Å². The molecule has 3 rings (SSSR count). The highest BCUT2D eigenvalue weighted by molar-refractivity contribution is 6.30. The van der Waals surface area contributed by atoms with Crippen LogP contribution in [0.15, 0.2) is 40.6 Å². The van der Waals surface area contributed by atoms with E-state index in [1.54, 1.807) is 18.3 Å². The molecule has 0 radical (unpaired) electrons. The van der Waals surface area contributed by atoms with Gasteiger partial charge in [0.05, 0.1) is 17.3 Å². The number of halogens is 2. The number of benzene rings is 1. The third-order valence-corrected chi connectivity index (χ3v) is 4.17. The number of hydrogen-bond acceptors (Lipinski definition) is 5. The van der Waals surface area contributed by atoms with E-state index in [9.17, 15) is 9.60 Å². The Labute approximate surface area is 149 Å². The van der Waals surface area contributed by atoms with Gasteiger partial charge in [-0.2, -0.15) is 0 Å². The van der Waals surface area contributed by atoms with Crippen molar-refractivity contribution in [2.24, 2.45) is 15.9 Å². The van der Waals surface area contributed by atoms with E-state index in [1.807, 2.05) is 0 Å². The number of amidine groups is 1. The molecule has 0 spiro atoms. The van der Waals surface area contributed by atoms with Crippen molar-refractivity contribution in [3.8, 4) is 0 Å². The standard InChI is InChI=1S/C17H17ClFN5O/c18-13-7-10(1-2-14(13)19)8-15(24-25)11-3-5-22-17-12(11)9-16(23-17)21-6-4-20/h1-3,5,7,25H,4,6,8-9,20H2,(H,21,22,23)/b24-15+. The van der Waals surface area contributed by atoms with Gasteiger partial charge in [-0.25, -0.2) is 9.37 Å². The second-order valence-electron chi connectivity index (χ2n) is 5.58. The van der Waals surface area contributed by atoms with Gasteiger partial charge in [0.1, 0.15) is 17.5 Å². The first kappa shape index (κ1) is 17.3. The van der Waals surface area contributed by atoms with E-state index in [2.05, 4.69) is 20.4 Å². The van der Waals surface area contributed by atoms with Crippen LogP contribution < -0.4 is 11.1 Å². The van der Waals surface area contributed by atoms with E-state index in [-0.39, 0.29) is 5.02 Å². The lowest BCUT2D eigenvalue weighted by atomic mass is 9.98. The van der Waals surface area contributed by atoms with Gasteiger partial charge in [-0.05, 0) is 23.8 Å². The van der Waals surface area contributed by atoms with Crippen LogP contribution in [0.4, 0.5) is 10.2 Å². The molecule has 0 saturated heterocycles. The molecule has 4 N–H and O–H groups in total. The molecule has 130 valence electrons. The topological polar surface area (TPSA) is 95.9 Å². The Morgan fingerprint density at radius 1 is 1.40 bits per heavy atom. The summed E-state index contributed by atoms with van der Waals surface area (Å²) < 4.78 is 13.3. The Bertz CT molecular complexity index is 853. The van der Waals surface area contributed by atoms with Crippen molar-refractivity contribution in [3.63, 3.8) is 0 Å². The van der Waals surface area contributed by atoms with Crippen LogP contribution in [0.3, 0.4) is 0 Å². The summed E-state index contributed by atoms with van der Waals surface area (Å²) in [4.78, 5) is 8.66. The fraction of sp³-hybridized carbons (Fsp3) is 0.235. The Hall–Kier alpha value is -2.51. The molecule has 0 unspecified atom stereocenters. The van der Waals surface area contributed by atoms with Gasteiger partial charge < -0.3 is 16.3 Å². The van der Waals surface area contributed by atoms with Crippen LogP contribution in [-0.4, -0.2) is 34.8 Å². The molecule has 6 nitrogen and oxygen atoms in total. The first-order chi connectivity index (χ1) is 12.1. The summed E-state index contributed by atoms with van der Waals surface area (Å²) in [6, 6.07) is 6.21. The summed E-state index contributed by atoms with van der Waals surface area (Å²) >= 11 is 5.82. The first-order valence-electron chi connectivity index (χ1n) is 7.76. The van der Waals surface area contributed by atoms with Crippen LogP contribution in [0, 0.1) is 5.82 Å².